The third-order valence-corrected chi connectivity index (χ3v) is 1.75. The highest BCUT2D eigenvalue weighted by atomic mass is 15.3. The molecule has 0 saturated heterocycles. The summed E-state index contributed by atoms with van der Waals surface area (Å²) in [6.45, 7) is 2.99. The molecule has 0 unspecified atom stereocenters. The Kier molecular flexibility index (Phi) is 2.65. The molecule has 0 aromatic carbocycles. The molecule has 1 rings (SSSR count). The SMILES string of the molecule is CCc1cc(CNC)nn1C. The van der Waals surface area contributed by atoms with E-state index in [0.29, 0.717) is 0 Å². The van der Waals surface area contributed by atoms with E-state index >= 15 is 0 Å². The molecule has 3 nitrogen and oxygen atoms in total. The van der Waals surface area contributed by atoms with Gasteiger partial charge in [-0.05, 0) is 19.5 Å². The first kappa shape index (κ1) is 8.27. The van der Waals surface area contributed by atoms with E-state index in [4.69, 9.17) is 0 Å². The molecule has 1 aromatic heterocycles. The highest BCUT2D eigenvalue weighted by Gasteiger charge is 2.00. The summed E-state index contributed by atoms with van der Waals surface area (Å²) in [5.74, 6) is 0. The lowest BCUT2D eigenvalue weighted by atomic mass is 10.3. The molecule has 0 radical (unpaired) electrons. The standard InChI is InChI=1S/C8H15N3/c1-4-8-5-7(6-9-2)10-11(8)3/h5,9H,4,6H2,1-3H3. The van der Waals surface area contributed by atoms with Crippen LogP contribution in [0.3, 0.4) is 0 Å². The molecule has 11 heavy (non-hydrogen) atoms. The van der Waals surface area contributed by atoms with Crippen LogP contribution in [0.25, 0.3) is 0 Å². The van der Waals surface area contributed by atoms with Crippen molar-refractivity contribution in [3.05, 3.63) is 17.5 Å². The lowest BCUT2D eigenvalue weighted by Crippen LogP contribution is -2.05. The molecule has 62 valence electrons. The Bertz CT molecular complexity index is 227. The lowest BCUT2D eigenvalue weighted by molar-refractivity contribution is 0.686. The van der Waals surface area contributed by atoms with Gasteiger partial charge in [-0.15, -0.1) is 0 Å². The maximum absolute atomic E-state index is 4.33. The molecule has 0 saturated carbocycles. The molecular formula is C8H15N3. The van der Waals surface area contributed by atoms with Crippen molar-refractivity contribution >= 4 is 0 Å². The third kappa shape index (κ3) is 1.80. The number of aromatic nitrogens is 2. The average molecular weight is 153 g/mol. The summed E-state index contributed by atoms with van der Waals surface area (Å²) in [4.78, 5) is 0. The first-order valence-electron chi connectivity index (χ1n) is 3.94. The molecule has 1 aromatic rings. The van der Waals surface area contributed by atoms with E-state index in [1.165, 1.54) is 5.69 Å². The van der Waals surface area contributed by atoms with Gasteiger partial charge in [0.25, 0.3) is 0 Å². The van der Waals surface area contributed by atoms with Crippen LogP contribution in [-0.4, -0.2) is 16.8 Å². The summed E-state index contributed by atoms with van der Waals surface area (Å²) in [5, 5.41) is 7.40. The van der Waals surface area contributed by atoms with Crippen LogP contribution in [0.5, 0.6) is 0 Å². The van der Waals surface area contributed by atoms with Crippen LogP contribution in [0.15, 0.2) is 6.07 Å². The van der Waals surface area contributed by atoms with Crippen molar-refractivity contribution in [2.24, 2.45) is 7.05 Å². The van der Waals surface area contributed by atoms with E-state index in [1.54, 1.807) is 0 Å². The molecule has 0 amide bonds. The largest absolute Gasteiger partial charge is 0.314 e. The van der Waals surface area contributed by atoms with E-state index in [2.05, 4.69) is 23.4 Å². The molecule has 0 bridgehead atoms. The summed E-state index contributed by atoms with van der Waals surface area (Å²) in [6.07, 6.45) is 1.05. The highest BCUT2D eigenvalue weighted by molar-refractivity contribution is 5.09. The Hall–Kier alpha value is -0.830. The van der Waals surface area contributed by atoms with Crippen LogP contribution in [0, 0.1) is 0 Å². The van der Waals surface area contributed by atoms with Crippen LogP contribution in [0.4, 0.5) is 0 Å². The molecular weight excluding hydrogens is 138 g/mol. The van der Waals surface area contributed by atoms with Crippen molar-refractivity contribution in [2.45, 2.75) is 19.9 Å². The number of rotatable bonds is 3. The third-order valence-electron chi connectivity index (χ3n) is 1.75. The van der Waals surface area contributed by atoms with Crippen molar-refractivity contribution < 1.29 is 0 Å². The van der Waals surface area contributed by atoms with Crippen molar-refractivity contribution in [1.82, 2.24) is 15.1 Å². The minimum absolute atomic E-state index is 0.855. The summed E-state index contributed by atoms with van der Waals surface area (Å²) < 4.78 is 1.94. The maximum atomic E-state index is 4.33. The van der Waals surface area contributed by atoms with E-state index < -0.39 is 0 Å². The molecule has 0 aliphatic rings. The van der Waals surface area contributed by atoms with Gasteiger partial charge in [0.05, 0.1) is 5.69 Å². The lowest BCUT2D eigenvalue weighted by Gasteiger charge is -1.93. The van der Waals surface area contributed by atoms with Gasteiger partial charge in [0.1, 0.15) is 0 Å². The smallest absolute Gasteiger partial charge is 0.0765 e. The zero-order valence-corrected chi connectivity index (χ0v) is 7.39. The molecule has 1 N–H and O–H groups in total. The highest BCUT2D eigenvalue weighted by Crippen LogP contribution is 2.02. The van der Waals surface area contributed by atoms with Crippen molar-refractivity contribution in [3.63, 3.8) is 0 Å². The fourth-order valence-corrected chi connectivity index (χ4v) is 1.17. The topological polar surface area (TPSA) is 29.9 Å². The number of nitrogens with zero attached hydrogens (tertiary/aromatic N) is 2. The van der Waals surface area contributed by atoms with Crippen LogP contribution in [0.2, 0.25) is 0 Å². The summed E-state index contributed by atoms with van der Waals surface area (Å²) in [6, 6.07) is 2.14. The molecule has 0 atom stereocenters. The second-order valence-electron chi connectivity index (χ2n) is 2.63. The van der Waals surface area contributed by atoms with Gasteiger partial charge in [0, 0.05) is 19.3 Å². The van der Waals surface area contributed by atoms with Gasteiger partial charge in [0.2, 0.25) is 0 Å². The quantitative estimate of drug-likeness (QED) is 0.692. The normalized spacial score (nSPS) is 10.5. The molecule has 0 fully saturated rings. The predicted molar refractivity (Wildman–Crippen MR) is 45.3 cm³/mol. The molecule has 0 spiro atoms. The Morgan fingerprint density at radius 3 is 2.82 bits per heavy atom. The first-order chi connectivity index (χ1) is 5.27. The molecule has 3 heteroatoms. The molecule has 0 aliphatic carbocycles. The van der Waals surface area contributed by atoms with Gasteiger partial charge in [-0.1, -0.05) is 6.92 Å². The van der Waals surface area contributed by atoms with Gasteiger partial charge in [-0.25, -0.2) is 0 Å². The van der Waals surface area contributed by atoms with Gasteiger partial charge >= 0.3 is 0 Å². The minimum Gasteiger partial charge on any atom is -0.314 e. The van der Waals surface area contributed by atoms with Crippen molar-refractivity contribution in [3.8, 4) is 0 Å². The number of aryl methyl sites for hydroxylation is 2. The average Bonchev–Trinajstić information content (AvgIpc) is 2.32. The fraction of sp³-hybridized carbons (Fsp3) is 0.625. The second-order valence-corrected chi connectivity index (χ2v) is 2.63. The molecule has 1 heterocycles. The summed E-state index contributed by atoms with van der Waals surface area (Å²) >= 11 is 0. The number of nitrogens with one attached hydrogen (secondary N) is 1. The minimum atomic E-state index is 0.855. The van der Waals surface area contributed by atoms with Crippen molar-refractivity contribution in [1.29, 1.82) is 0 Å². The summed E-state index contributed by atoms with van der Waals surface area (Å²) in [5.41, 5.74) is 2.40. The zero-order valence-electron chi connectivity index (χ0n) is 7.39. The Balaban J connectivity index is 2.77. The van der Waals surface area contributed by atoms with Gasteiger partial charge < -0.3 is 5.32 Å². The van der Waals surface area contributed by atoms with Crippen LogP contribution >= 0.6 is 0 Å². The first-order valence-corrected chi connectivity index (χ1v) is 3.94. The number of hydrogen-bond acceptors (Lipinski definition) is 2. The fourth-order valence-electron chi connectivity index (χ4n) is 1.17. The van der Waals surface area contributed by atoms with E-state index in [1.807, 2.05) is 18.8 Å². The van der Waals surface area contributed by atoms with Crippen LogP contribution in [0.1, 0.15) is 18.3 Å². The summed E-state index contributed by atoms with van der Waals surface area (Å²) in [7, 11) is 3.91. The van der Waals surface area contributed by atoms with Gasteiger partial charge in [-0.3, -0.25) is 4.68 Å². The Morgan fingerprint density at radius 1 is 1.64 bits per heavy atom. The second kappa shape index (κ2) is 3.53. The number of hydrogen-bond donors (Lipinski definition) is 1. The van der Waals surface area contributed by atoms with Crippen molar-refractivity contribution in [2.75, 3.05) is 7.05 Å². The van der Waals surface area contributed by atoms with Gasteiger partial charge in [-0.2, -0.15) is 5.10 Å². The monoisotopic (exact) mass is 153 g/mol. The van der Waals surface area contributed by atoms with E-state index in [-0.39, 0.29) is 0 Å². The Morgan fingerprint density at radius 2 is 2.36 bits per heavy atom. The predicted octanol–water partition coefficient (Wildman–Crippen LogP) is 0.702. The van der Waals surface area contributed by atoms with E-state index in [0.717, 1.165) is 18.7 Å². The molecule has 0 aliphatic heterocycles. The Labute approximate surface area is 67.4 Å². The maximum Gasteiger partial charge on any atom is 0.0765 e. The zero-order chi connectivity index (χ0) is 8.27. The van der Waals surface area contributed by atoms with Gasteiger partial charge in [0.15, 0.2) is 0 Å². The van der Waals surface area contributed by atoms with Crippen LogP contribution in [-0.2, 0) is 20.0 Å². The van der Waals surface area contributed by atoms with Crippen LogP contribution < -0.4 is 5.32 Å². The van der Waals surface area contributed by atoms with E-state index in [9.17, 15) is 0 Å².